The first-order chi connectivity index (χ1) is 21.7. The predicted octanol–water partition coefficient (Wildman–Crippen LogP) is 10.9. The summed E-state index contributed by atoms with van der Waals surface area (Å²) in [4.78, 5) is 15.7. The van der Waals surface area contributed by atoms with Crippen LogP contribution < -0.4 is 0 Å². The van der Waals surface area contributed by atoms with E-state index in [-0.39, 0.29) is 0 Å². The van der Waals surface area contributed by atoms with Crippen LogP contribution in [0.15, 0.2) is 84.9 Å². The molecule has 1 aliphatic carbocycles. The smallest absolute Gasteiger partial charge is 0.162 e. The molecule has 3 aromatic rings. The molecule has 1 aliphatic heterocycles. The molecule has 3 atom stereocenters. The molecule has 0 N–H and O–H groups in total. The first kappa shape index (κ1) is 32.7. The number of hydrogen-bond donors (Lipinski definition) is 0. The summed E-state index contributed by atoms with van der Waals surface area (Å²) in [6.45, 7) is 3.38. The molecule has 2 fully saturated rings. The summed E-state index contributed by atoms with van der Waals surface area (Å²) >= 11 is 0. The number of Topliss-reactive ketones (excluding diaryl/α,β-unsaturated/α-hetero) is 1. The first-order valence-corrected chi connectivity index (χ1v) is 18.1. The van der Waals surface area contributed by atoms with E-state index >= 15 is 0 Å². The summed E-state index contributed by atoms with van der Waals surface area (Å²) in [5, 5.41) is 0. The van der Waals surface area contributed by atoms with Crippen LogP contribution in [-0.2, 0) is 19.4 Å². The van der Waals surface area contributed by atoms with Gasteiger partial charge in [-0.05, 0) is 92.5 Å². The highest BCUT2D eigenvalue weighted by molar-refractivity contribution is 5.96. The Morgan fingerprint density at radius 1 is 0.568 bits per heavy atom. The third-order valence-corrected chi connectivity index (χ3v) is 10.6. The molecule has 236 valence electrons. The highest BCUT2D eigenvalue weighted by atomic mass is 16.1. The first-order valence-electron chi connectivity index (χ1n) is 18.1. The third-order valence-electron chi connectivity index (χ3n) is 10.6. The minimum absolute atomic E-state index is 0.330. The maximum atomic E-state index is 13.0. The maximum absolute atomic E-state index is 13.0. The van der Waals surface area contributed by atoms with Crippen LogP contribution in [0, 0.1) is 17.8 Å². The van der Waals surface area contributed by atoms with Crippen LogP contribution >= 0.6 is 0 Å². The monoisotopic (exact) mass is 591 g/mol. The predicted molar refractivity (Wildman–Crippen MR) is 186 cm³/mol. The number of nitrogens with zero attached hydrogens (tertiary/aromatic N) is 1. The quantitative estimate of drug-likeness (QED) is 0.146. The van der Waals surface area contributed by atoms with Crippen LogP contribution in [-0.4, -0.2) is 23.8 Å². The van der Waals surface area contributed by atoms with Gasteiger partial charge in [-0.1, -0.05) is 143 Å². The van der Waals surface area contributed by atoms with Crippen molar-refractivity contribution < 1.29 is 4.79 Å². The van der Waals surface area contributed by atoms with Gasteiger partial charge in [-0.25, -0.2) is 0 Å². The number of carbonyl (C=O) groups is 1. The van der Waals surface area contributed by atoms with E-state index in [0.29, 0.717) is 12.2 Å². The van der Waals surface area contributed by atoms with Crippen molar-refractivity contribution >= 4 is 5.78 Å². The van der Waals surface area contributed by atoms with E-state index in [2.05, 4.69) is 89.8 Å². The highest BCUT2D eigenvalue weighted by Gasteiger charge is 2.19. The van der Waals surface area contributed by atoms with Crippen molar-refractivity contribution in [2.24, 2.45) is 17.8 Å². The van der Waals surface area contributed by atoms with Gasteiger partial charge in [0.2, 0.25) is 0 Å². The van der Waals surface area contributed by atoms with Gasteiger partial charge < -0.3 is 0 Å². The van der Waals surface area contributed by atoms with Crippen molar-refractivity contribution in [3.8, 4) is 0 Å². The van der Waals surface area contributed by atoms with E-state index in [4.69, 9.17) is 0 Å². The van der Waals surface area contributed by atoms with E-state index in [1.807, 2.05) is 0 Å². The lowest BCUT2D eigenvalue weighted by atomic mass is 9.90. The molecule has 0 spiro atoms. The summed E-state index contributed by atoms with van der Waals surface area (Å²) < 4.78 is 0. The van der Waals surface area contributed by atoms with E-state index in [1.54, 1.807) is 0 Å². The van der Waals surface area contributed by atoms with Crippen molar-refractivity contribution in [2.45, 2.75) is 116 Å². The van der Waals surface area contributed by atoms with Crippen molar-refractivity contribution in [3.63, 3.8) is 0 Å². The fraction of sp³-hybridized carbons (Fsp3) is 0.548. The molecule has 3 aromatic carbocycles. The van der Waals surface area contributed by atoms with Gasteiger partial charge in [0.15, 0.2) is 5.78 Å². The lowest BCUT2D eigenvalue weighted by Crippen LogP contribution is -2.25. The standard InChI is InChI=1S/C42H57NO/c44-42(24-11-22-37-21-10-20-36(25-26-37)19-9-18-35-13-3-1-4-14-35)41-29-27-40(28-30-41)34-43-31-8-7-17-39(23-12-32-43)33-38-15-5-2-6-16-38/h1-6,13-16,27-30,36-37,39H,7-12,17-26,31-34H2. The van der Waals surface area contributed by atoms with E-state index in [0.717, 1.165) is 36.3 Å². The van der Waals surface area contributed by atoms with Crippen LogP contribution in [0.2, 0.25) is 0 Å². The summed E-state index contributed by atoms with van der Waals surface area (Å²) in [7, 11) is 0. The van der Waals surface area contributed by atoms with E-state index in [9.17, 15) is 4.79 Å². The van der Waals surface area contributed by atoms with Crippen LogP contribution in [0.3, 0.4) is 0 Å². The average Bonchev–Trinajstić information content (AvgIpc) is 3.22. The molecular weight excluding hydrogens is 534 g/mol. The molecule has 44 heavy (non-hydrogen) atoms. The molecule has 1 saturated heterocycles. The summed E-state index contributed by atoms with van der Waals surface area (Å²) in [6, 6.07) is 30.6. The van der Waals surface area contributed by atoms with Crippen molar-refractivity contribution in [1.82, 2.24) is 4.90 Å². The zero-order valence-electron chi connectivity index (χ0n) is 27.3. The lowest BCUT2D eigenvalue weighted by molar-refractivity contribution is 0.0977. The van der Waals surface area contributed by atoms with Crippen molar-refractivity contribution in [3.05, 3.63) is 107 Å². The molecular formula is C42H57NO. The Labute approximate surface area is 268 Å². The molecule has 3 unspecified atom stereocenters. The second-order valence-corrected chi connectivity index (χ2v) is 14.1. The summed E-state index contributed by atoms with van der Waals surface area (Å²) in [5.74, 6) is 2.87. The molecule has 1 heterocycles. The van der Waals surface area contributed by atoms with Crippen molar-refractivity contribution in [1.29, 1.82) is 0 Å². The molecule has 0 amide bonds. The zero-order chi connectivity index (χ0) is 30.2. The van der Waals surface area contributed by atoms with Crippen LogP contribution in [0.25, 0.3) is 0 Å². The zero-order valence-corrected chi connectivity index (χ0v) is 27.3. The molecule has 2 aliphatic rings. The Morgan fingerprint density at radius 2 is 1.18 bits per heavy atom. The number of rotatable bonds is 13. The van der Waals surface area contributed by atoms with Gasteiger partial charge >= 0.3 is 0 Å². The van der Waals surface area contributed by atoms with E-state index < -0.39 is 0 Å². The van der Waals surface area contributed by atoms with Gasteiger partial charge in [-0.3, -0.25) is 9.69 Å². The number of hydrogen-bond acceptors (Lipinski definition) is 2. The van der Waals surface area contributed by atoms with Gasteiger partial charge in [-0.15, -0.1) is 0 Å². The molecule has 2 heteroatoms. The van der Waals surface area contributed by atoms with Gasteiger partial charge in [0.25, 0.3) is 0 Å². The largest absolute Gasteiger partial charge is 0.299 e. The van der Waals surface area contributed by atoms with E-state index in [1.165, 1.54) is 126 Å². The van der Waals surface area contributed by atoms with Crippen molar-refractivity contribution in [2.75, 3.05) is 13.1 Å². The second-order valence-electron chi connectivity index (χ2n) is 14.1. The van der Waals surface area contributed by atoms with Crippen LogP contribution in [0.1, 0.15) is 123 Å². The highest BCUT2D eigenvalue weighted by Crippen LogP contribution is 2.33. The molecule has 5 rings (SSSR count). The Bertz CT molecular complexity index is 1200. The van der Waals surface area contributed by atoms with Gasteiger partial charge in [0.1, 0.15) is 0 Å². The fourth-order valence-electron chi connectivity index (χ4n) is 7.96. The Hall–Kier alpha value is -2.71. The number of aryl methyl sites for hydroxylation is 1. The Balaban J connectivity index is 0.974. The van der Waals surface area contributed by atoms with Crippen LogP contribution in [0.5, 0.6) is 0 Å². The fourth-order valence-corrected chi connectivity index (χ4v) is 7.96. The summed E-state index contributed by atoms with van der Waals surface area (Å²) in [6.07, 6.45) is 21.6. The number of carbonyl (C=O) groups excluding carboxylic acids is 1. The second kappa shape index (κ2) is 18.3. The SMILES string of the molecule is O=C(CCCC1CCCC(CCCc2ccccc2)CC1)c1ccc(CN2CCCCC(Cc3ccccc3)CCC2)cc1. The number of ketones is 1. The number of benzene rings is 3. The van der Waals surface area contributed by atoms with Crippen LogP contribution in [0.4, 0.5) is 0 Å². The molecule has 0 aromatic heterocycles. The normalized spacial score (nSPS) is 22.0. The Morgan fingerprint density at radius 3 is 1.91 bits per heavy atom. The van der Waals surface area contributed by atoms with Gasteiger partial charge in [0.05, 0.1) is 0 Å². The molecule has 0 bridgehead atoms. The minimum atomic E-state index is 0.330. The third kappa shape index (κ3) is 11.3. The molecule has 1 saturated carbocycles. The van der Waals surface area contributed by atoms with Gasteiger partial charge in [-0.2, -0.15) is 0 Å². The minimum Gasteiger partial charge on any atom is -0.299 e. The maximum Gasteiger partial charge on any atom is 0.162 e. The Kier molecular flexibility index (Phi) is 13.6. The average molecular weight is 592 g/mol. The molecule has 2 nitrogen and oxygen atoms in total. The lowest BCUT2D eigenvalue weighted by Gasteiger charge is -2.22. The topological polar surface area (TPSA) is 20.3 Å². The summed E-state index contributed by atoms with van der Waals surface area (Å²) in [5.41, 5.74) is 5.22. The molecule has 0 radical (unpaired) electrons. The van der Waals surface area contributed by atoms with Gasteiger partial charge in [0, 0.05) is 18.5 Å².